The Bertz CT molecular complexity index is 667. The summed E-state index contributed by atoms with van der Waals surface area (Å²) in [5.41, 5.74) is 0.291. The van der Waals surface area contributed by atoms with Gasteiger partial charge in [-0.15, -0.1) is 0 Å². The van der Waals surface area contributed by atoms with Gasteiger partial charge in [0.15, 0.2) is 0 Å². The summed E-state index contributed by atoms with van der Waals surface area (Å²) in [6, 6.07) is 1.28. The van der Waals surface area contributed by atoms with Crippen molar-refractivity contribution < 1.29 is 13.6 Å². The number of halogens is 2. The van der Waals surface area contributed by atoms with Crippen molar-refractivity contribution >= 4 is 33.7 Å². The van der Waals surface area contributed by atoms with Crippen molar-refractivity contribution in [2.24, 2.45) is 0 Å². The molecule has 0 bridgehead atoms. The molecule has 0 spiro atoms. The van der Waals surface area contributed by atoms with Crippen molar-refractivity contribution in [2.45, 2.75) is 91.2 Å². The molecule has 1 N–H and O–H groups in total. The number of hydrogen-bond acceptors (Lipinski definition) is 3. The number of nitrogens with zero attached hydrogens (tertiary/aromatic N) is 2. The number of carbonyl (C=O) groups is 1. The number of rotatable bonds is 12. The van der Waals surface area contributed by atoms with Gasteiger partial charge in [0.1, 0.15) is 0 Å². The fraction of sp³-hybridized carbons (Fsp3) is 0.739. The normalized spacial score (nSPS) is 19.3. The summed E-state index contributed by atoms with van der Waals surface area (Å²) in [7, 11) is 1.60. The number of anilines is 1. The molecule has 7 heteroatoms. The van der Waals surface area contributed by atoms with Gasteiger partial charge in [0, 0.05) is 0 Å². The van der Waals surface area contributed by atoms with Crippen molar-refractivity contribution in [3.8, 4) is 0 Å². The van der Waals surface area contributed by atoms with Gasteiger partial charge in [-0.1, -0.05) is 0 Å². The molecule has 1 aliphatic heterocycles. The van der Waals surface area contributed by atoms with E-state index in [4.69, 9.17) is 0 Å². The maximum absolute atomic E-state index is 14.8. The Morgan fingerprint density at radius 1 is 1.17 bits per heavy atom. The second-order valence-electron chi connectivity index (χ2n) is 8.80. The van der Waals surface area contributed by atoms with Crippen LogP contribution >= 0.6 is 0 Å². The summed E-state index contributed by atoms with van der Waals surface area (Å²) in [5, 5.41) is 2.91. The van der Waals surface area contributed by atoms with Crippen molar-refractivity contribution in [1.29, 1.82) is 0 Å². The molecule has 0 unspecified atom stereocenters. The number of alkyl halides is 1. The van der Waals surface area contributed by atoms with Crippen LogP contribution in [0.15, 0.2) is 12.3 Å². The van der Waals surface area contributed by atoms with Crippen molar-refractivity contribution in [2.75, 3.05) is 18.5 Å². The number of aromatic nitrogens is 1. The summed E-state index contributed by atoms with van der Waals surface area (Å²) in [6.07, 6.45) is 7.47. The SMILES string of the molecule is CCC[CH2][Sn]([CH2]CCC)([CH2]CCC)[c]1cc(N(C)C(=O)[C@@H]2C[C@@H](F)CN2)c(F)cn1. The second-order valence-corrected chi connectivity index (χ2v) is 21.9. The molecule has 1 aromatic heterocycles. The standard InChI is InChI=1S/C11H12F2N3O.3C4H9.Sn/c1-16(10-2-3-14-6-8(10)13)11(17)9-4-7(12)5-15-9;3*1-3-4-2;/h2,6-7,9,15H,4-5H2,1H3;3*1,3-4H2,2H3;/t7-,9+;;;;/m1..../s1. The minimum atomic E-state index is -2.83. The molecule has 170 valence electrons. The Hall–Kier alpha value is -0.761. The van der Waals surface area contributed by atoms with Gasteiger partial charge in [0.05, 0.1) is 0 Å². The molecule has 30 heavy (non-hydrogen) atoms. The first-order valence-corrected chi connectivity index (χ1v) is 19.2. The summed E-state index contributed by atoms with van der Waals surface area (Å²) < 4.78 is 33.1. The van der Waals surface area contributed by atoms with Crippen LogP contribution in [0.4, 0.5) is 14.5 Å². The van der Waals surface area contributed by atoms with Crippen LogP contribution in [0.25, 0.3) is 0 Å². The molecule has 1 amide bonds. The molecule has 1 fully saturated rings. The average Bonchev–Trinajstić information content (AvgIpc) is 3.19. The molecule has 0 aromatic carbocycles. The zero-order valence-corrected chi connectivity index (χ0v) is 22.0. The third-order valence-corrected chi connectivity index (χ3v) is 21.6. The van der Waals surface area contributed by atoms with Gasteiger partial charge in [-0.05, 0) is 0 Å². The van der Waals surface area contributed by atoms with Crippen molar-refractivity contribution in [3.05, 3.63) is 18.1 Å². The van der Waals surface area contributed by atoms with Crippen LogP contribution < -0.4 is 13.9 Å². The molecule has 0 aliphatic carbocycles. The van der Waals surface area contributed by atoms with E-state index in [0.29, 0.717) is 5.69 Å². The molecule has 2 heterocycles. The van der Waals surface area contributed by atoms with Gasteiger partial charge >= 0.3 is 185 Å². The van der Waals surface area contributed by atoms with E-state index in [-0.39, 0.29) is 18.9 Å². The number of carbonyl (C=O) groups excluding carboxylic acids is 1. The van der Waals surface area contributed by atoms with Crippen LogP contribution in [0.1, 0.15) is 65.7 Å². The van der Waals surface area contributed by atoms with E-state index in [1.54, 1.807) is 7.05 Å². The van der Waals surface area contributed by atoms with Gasteiger partial charge in [-0.3, -0.25) is 0 Å². The van der Waals surface area contributed by atoms with E-state index >= 15 is 0 Å². The van der Waals surface area contributed by atoms with Gasteiger partial charge in [0.25, 0.3) is 0 Å². The molecular formula is C23H39F2N3OSn. The van der Waals surface area contributed by atoms with Gasteiger partial charge in [0.2, 0.25) is 0 Å². The number of likely N-dealkylation sites (N-methyl/N-ethyl adjacent to an activating group) is 1. The van der Waals surface area contributed by atoms with E-state index in [9.17, 15) is 13.6 Å². The van der Waals surface area contributed by atoms with Crippen LogP contribution in [0.2, 0.25) is 13.3 Å². The quantitative estimate of drug-likeness (QED) is 0.390. The van der Waals surface area contributed by atoms with Crippen molar-refractivity contribution in [1.82, 2.24) is 10.3 Å². The third kappa shape index (κ3) is 6.37. The zero-order chi connectivity index (χ0) is 22.1. The molecular weight excluding hydrogens is 491 g/mol. The molecule has 1 aromatic rings. The van der Waals surface area contributed by atoms with Gasteiger partial charge < -0.3 is 0 Å². The van der Waals surface area contributed by atoms with Crippen LogP contribution in [0.5, 0.6) is 0 Å². The second kappa shape index (κ2) is 12.3. The first-order chi connectivity index (χ1) is 14.4. The first kappa shape index (κ1) is 25.5. The number of pyridine rings is 1. The van der Waals surface area contributed by atoms with Crippen LogP contribution in [0, 0.1) is 5.82 Å². The fourth-order valence-electron chi connectivity index (χ4n) is 4.51. The summed E-state index contributed by atoms with van der Waals surface area (Å²) >= 11 is -2.83. The molecule has 4 nitrogen and oxygen atoms in total. The van der Waals surface area contributed by atoms with E-state index in [1.165, 1.54) is 43.7 Å². The fourth-order valence-corrected chi connectivity index (χ4v) is 19.9. The third-order valence-electron chi connectivity index (χ3n) is 6.47. The van der Waals surface area contributed by atoms with Crippen molar-refractivity contribution in [3.63, 3.8) is 0 Å². The molecule has 2 atom stereocenters. The predicted molar refractivity (Wildman–Crippen MR) is 123 cm³/mol. The number of unbranched alkanes of at least 4 members (excludes halogenated alkanes) is 3. The molecule has 1 saturated heterocycles. The summed E-state index contributed by atoms with van der Waals surface area (Å²) in [4.78, 5) is 18.8. The Labute approximate surface area is 185 Å². The van der Waals surface area contributed by atoms with Crippen LogP contribution in [-0.4, -0.2) is 55.1 Å². The average molecular weight is 530 g/mol. The monoisotopic (exact) mass is 531 g/mol. The summed E-state index contributed by atoms with van der Waals surface area (Å²) in [5.74, 6) is -0.756. The Morgan fingerprint density at radius 2 is 1.73 bits per heavy atom. The van der Waals surface area contributed by atoms with Crippen LogP contribution in [0.3, 0.4) is 0 Å². The Balaban J connectivity index is 2.38. The zero-order valence-electron chi connectivity index (χ0n) is 19.1. The van der Waals surface area contributed by atoms with Crippen LogP contribution in [-0.2, 0) is 4.79 Å². The van der Waals surface area contributed by atoms with E-state index in [2.05, 4.69) is 31.1 Å². The molecule has 0 saturated carbocycles. The van der Waals surface area contributed by atoms with E-state index in [1.807, 2.05) is 6.07 Å². The predicted octanol–water partition coefficient (Wildman–Crippen LogP) is 4.94. The molecule has 1 aliphatic rings. The van der Waals surface area contributed by atoms with E-state index < -0.39 is 36.4 Å². The molecule has 0 radical (unpaired) electrons. The van der Waals surface area contributed by atoms with E-state index in [0.717, 1.165) is 23.0 Å². The first-order valence-electron chi connectivity index (χ1n) is 11.7. The van der Waals surface area contributed by atoms with Gasteiger partial charge in [-0.2, -0.15) is 0 Å². The molecule has 2 rings (SSSR count). The summed E-state index contributed by atoms with van der Waals surface area (Å²) in [6.45, 7) is 6.84. The minimum absolute atomic E-state index is 0.148. The number of nitrogens with one attached hydrogen (secondary N) is 1. The topological polar surface area (TPSA) is 45.2 Å². The van der Waals surface area contributed by atoms with Gasteiger partial charge in [-0.25, -0.2) is 0 Å². The maximum atomic E-state index is 14.8. The Kier molecular flexibility index (Phi) is 10.5. The number of amides is 1. The Morgan fingerprint density at radius 3 is 2.20 bits per heavy atom. The number of hydrogen-bond donors (Lipinski definition) is 1.